The lowest BCUT2D eigenvalue weighted by atomic mass is 10.1. The Morgan fingerprint density at radius 3 is 2.62 bits per heavy atom. The van der Waals surface area contributed by atoms with E-state index in [1.165, 1.54) is 18.4 Å². The number of aliphatic imine (C=N–C) groups is 1. The van der Waals surface area contributed by atoms with E-state index in [0.29, 0.717) is 31.2 Å². The largest absolute Gasteiger partial charge is 0.508 e. The average molecular weight is 398 g/mol. The van der Waals surface area contributed by atoms with E-state index in [9.17, 15) is 5.11 Å². The summed E-state index contributed by atoms with van der Waals surface area (Å²) >= 11 is 0. The number of nitrogens with zero attached hydrogens (tertiary/aromatic N) is 1. The number of benzene rings is 2. The number of hydrogen-bond acceptors (Lipinski definition) is 4. The Labute approximate surface area is 173 Å². The molecule has 0 radical (unpaired) electrons. The molecular weight excluding hydrogens is 366 g/mol. The van der Waals surface area contributed by atoms with Gasteiger partial charge in [0.1, 0.15) is 17.2 Å². The number of guanidine groups is 1. The highest BCUT2D eigenvalue weighted by Crippen LogP contribution is 2.30. The van der Waals surface area contributed by atoms with Crippen molar-refractivity contribution in [1.29, 1.82) is 0 Å². The van der Waals surface area contributed by atoms with Gasteiger partial charge in [0, 0.05) is 31.8 Å². The molecule has 2 aromatic rings. The monoisotopic (exact) mass is 397 g/mol. The van der Waals surface area contributed by atoms with E-state index >= 15 is 0 Å². The smallest absolute Gasteiger partial charge is 0.191 e. The van der Waals surface area contributed by atoms with E-state index in [4.69, 9.17) is 9.47 Å². The number of phenolic OH excluding ortho intramolecular Hbond substituents is 1. The molecule has 0 heterocycles. The van der Waals surface area contributed by atoms with Crippen molar-refractivity contribution in [3.05, 3.63) is 53.1 Å². The van der Waals surface area contributed by atoms with Gasteiger partial charge in [-0.2, -0.15) is 0 Å². The van der Waals surface area contributed by atoms with Gasteiger partial charge in [0.25, 0.3) is 0 Å². The first kappa shape index (κ1) is 20.8. The van der Waals surface area contributed by atoms with Gasteiger partial charge in [-0.1, -0.05) is 18.2 Å². The van der Waals surface area contributed by atoms with Crippen LogP contribution in [0, 0.1) is 12.8 Å². The van der Waals surface area contributed by atoms with Crippen LogP contribution in [-0.2, 0) is 13.0 Å². The van der Waals surface area contributed by atoms with Crippen molar-refractivity contribution in [3.8, 4) is 17.2 Å². The van der Waals surface area contributed by atoms with E-state index < -0.39 is 0 Å². The number of rotatable bonds is 9. The fraction of sp³-hybridized carbons (Fsp3) is 0.435. The fourth-order valence-electron chi connectivity index (χ4n) is 3.03. The molecule has 3 N–H and O–H groups in total. The van der Waals surface area contributed by atoms with Crippen molar-refractivity contribution >= 4 is 5.96 Å². The van der Waals surface area contributed by atoms with Gasteiger partial charge in [-0.15, -0.1) is 0 Å². The van der Waals surface area contributed by atoms with Crippen LogP contribution in [0.15, 0.2) is 41.4 Å². The third-order valence-electron chi connectivity index (χ3n) is 5.04. The Kier molecular flexibility index (Phi) is 7.22. The molecule has 1 aliphatic carbocycles. The van der Waals surface area contributed by atoms with Crippen LogP contribution in [0.4, 0.5) is 0 Å². The third kappa shape index (κ3) is 6.31. The zero-order valence-electron chi connectivity index (χ0n) is 17.5. The molecular formula is C23H31N3O3. The van der Waals surface area contributed by atoms with Gasteiger partial charge < -0.3 is 25.2 Å². The average Bonchev–Trinajstić information content (AvgIpc) is 3.55. The van der Waals surface area contributed by atoms with Crippen LogP contribution < -0.4 is 20.1 Å². The van der Waals surface area contributed by atoms with Crippen molar-refractivity contribution in [3.63, 3.8) is 0 Å². The molecule has 3 rings (SSSR count). The van der Waals surface area contributed by atoms with E-state index in [0.717, 1.165) is 29.4 Å². The molecule has 6 heteroatoms. The summed E-state index contributed by atoms with van der Waals surface area (Å²) in [6.07, 6.45) is 3.23. The minimum Gasteiger partial charge on any atom is -0.508 e. The van der Waals surface area contributed by atoms with Gasteiger partial charge in [0.2, 0.25) is 0 Å². The maximum absolute atomic E-state index is 10.1. The predicted octanol–water partition coefficient (Wildman–Crippen LogP) is 3.41. The van der Waals surface area contributed by atoms with Crippen LogP contribution in [0.25, 0.3) is 0 Å². The molecule has 0 unspecified atom stereocenters. The summed E-state index contributed by atoms with van der Waals surface area (Å²) in [5.74, 6) is 3.27. The van der Waals surface area contributed by atoms with Crippen LogP contribution in [-0.4, -0.2) is 38.4 Å². The summed E-state index contributed by atoms with van der Waals surface area (Å²) in [4.78, 5) is 4.29. The molecule has 0 atom stereocenters. The molecule has 2 aromatic carbocycles. The lowest BCUT2D eigenvalue weighted by Gasteiger charge is -2.16. The Hall–Kier alpha value is -2.89. The summed E-state index contributed by atoms with van der Waals surface area (Å²) in [5, 5.41) is 16.7. The summed E-state index contributed by atoms with van der Waals surface area (Å²) in [6.45, 7) is 4.16. The Bertz CT molecular complexity index is 847. The van der Waals surface area contributed by atoms with Crippen LogP contribution >= 0.6 is 0 Å². The molecule has 29 heavy (non-hydrogen) atoms. The van der Waals surface area contributed by atoms with Crippen LogP contribution in [0.2, 0.25) is 0 Å². The molecule has 156 valence electrons. The van der Waals surface area contributed by atoms with Crippen LogP contribution in [0.5, 0.6) is 17.2 Å². The maximum Gasteiger partial charge on any atom is 0.191 e. The zero-order chi connectivity index (χ0) is 20.6. The number of phenols is 1. The minimum absolute atomic E-state index is 0.242. The van der Waals surface area contributed by atoms with E-state index in [-0.39, 0.29) is 5.75 Å². The molecule has 0 aliphatic heterocycles. The molecule has 0 aromatic heterocycles. The predicted molar refractivity (Wildman–Crippen MR) is 116 cm³/mol. The van der Waals surface area contributed by atoms with Gasteiger partial charge >= 0.3 is 0 Å². The maximum atomic E-state index is 10.1. The fourth-order valence-corrected chi connectivity index (χ4v) is 3.03. The summed E-state index contributed by atoms with van der Waals surface area (Å²) in [6, 6.07) is 11.7. The highest BCUT2D eigenvalue weighted by Gasteiger charge is 2.22. The van der Waals surface area contributed by atoms with Crippen molar-refractivity contribution in [2.75, 3.05) is 27.3 Å². The summed E-state index contributed by atoms with van der Waals surface area (Å²) in [5.41, 5.74) is 3.18. The number of aromatic hydroxyl groups is 1. The number of methoxy groups -OCH3 is 1. The molecule has 1 saturated carbocycles. The molecule has 6 nitrogen and oxygen atoms in total. The van der Waals surface area contributed by atoms with Gasteiger partial charge in [-0.25, -0.2) is 0 Å². The molecule has 0 bridgehead atoms. The molecule has 0 amide bonds. The first-order chi connectivity index (χ1) is 14.1. The highest BCUT2D eigenvalue weighted by molar-refractivity contribution is 5.79. The minimum atomic E-state index is 0.242. The van der Waals surface area contributed by atoms with Crippen molar-refractivity contribution < 1.29 is 14.6 Å². The van der Waals surface area contributed by atoms with E-state index in [1.807, 2.05) is 12.1 Å². The second-order valence-electron chi connectivity index (χ2n) is 7.46. The summed E-state index contributed by atoms with van der Waals surface area (Å²) < 4.78 is 11.2. The molecule has 0 saturated heterocycles. The topological polar surface area (TPSA) is 75.1 Å². The van der Waals surface area contributed by atoms with Crippen LogP contribution in [0.1, 0.15) is 29.5 Å². The summed E-state index contributed by atoms with van der Waals surface area (Å²) in [7, 11) is 3.34. The van der Waals surface area contributed by atoms with E-state index in [2.05, 4.69) is 40.7 Å². The van der Waals surface area contributed by atoms with Gasteiger partial charge in [-0.3, -0.25) is 4.99 Å². The van der Waals surface area contributed by atoms with Gasteiger partial charge in [-0.05, 0) is 55.4 Å². The second-order valence-corrected chi connectivity index (χ2v) is 7.46. The van der Waals surface area contributed by atoms with E-state index in [1.54, 1.807) is 20.2 Å². The number of hydrogen-bond donors (Lipinski definition) is 3. The quantitative estimate of drug-likeness (QED) is 0.447. The molecule has 1 aliphatic rings. The SMILES string of the molecule is CN=C(NCCc1ccc(OC)cc1O)NCc1ccc(C)cc1OCC1CC1. The second kappa shape index (κ2) is 10.0. The Morgan fingerprint density at radius 1 is 1.14 bits per heavy atom. The highest BCUT2D eigenvalue weighted by atomic mass is 16.5. The number of ether oxygens (including phenoxy) is 2. The van der Waals surface area contributed by atoms with Crippen LogP contribution in [0.3, 0.4) is 0 Å². The lowest BCUT2D eigenvalue weighted by Crippen LogP contribution is -2.38. The third-order valence-corrected chi connectivity index (χ3v) is 5.04. The van der Waals surface area contributed by atoms with Crippen molar-refractivity contribution in [2.45, 2.75) is 32.7 Å². The lowest BCUT2D eigenvalue weighted by molar-refractivity contribution is 0.296. The first-order valence-electron chi connectivity index (χ1n) is 10.1. The Morgan fingerprint density at radius 2 is 1.93 bits per heavy atom. The molecule has 0 spiro atoms. The zero-order valence-corrected chi connectivity index (χ0v) is 17.5. The number of aryl methyl sites for hydroxylation is 1. The standard InChI is InChI=1S/C23H31N3O3/c1-16-4-7-19(22(12-16)29-15-17-5-6-17)14-26-23(24-2)25-11-10-18-8-9-20(28-3)13-21(18)27/h4,7-9,12-13,17,27H,5-6,10-11,14-15H2,1-3H3,(H2,24,25,26). The Balaban J connectivity index is 1.50. The normalized spacial score (nSPS) is 13.8. The van der Waals surface area contributed by atoms with Crippen molar-refractivity contribution in [2.24, 2.45) is 10.9 Å². The first-order valence-corrected chi connectivity index (χ1v) is 10.1. The number of nitrogens with one attached hydrogen (secondary N) is 2. The van der Waals surface area contributed by atoms with Gasteiger partial charge in [0.15, 0.2) is 5.96 Å². The van der Waals surface area contributed by atoms with Crippen molar-refractivity contribution in [1.82, 2.24) is 10.6 Å². The molecule has 1 fully saturated rings. The van der Waals surface area contributed by atoms with Gasteiger partial charge in [0.05, 0.1) is 13.7 Å².